The number of amides is 2. The molecule has 4 nitrogen and oxygen atoms in total. The van der Waals surface area contributed by atoms with Crippen LogP contribution >= 0.6 is 0 Å². The first-order chi connectivity index (χ1) is 10.8. The number of urea groups is 1. The number of nitrogens with zero attached hydrogens (tertiary/aromatic N) is 1. The Bertz CT molecular complexity index is 656. The predicted octanol–water partition coefficient (Wildman–Crippen LogP) is 2.75. The molecule has 4 heteroatoms. The summed E-state index contributed by atoms with van der Waals surface area (Å²) in [6.07, 6.45) is 1.97. The number of hydrogen-bond donors (Lipinski definition) is 2. The second-order valence-electron chi connectivity index (χ2n) is 5.98. The highest BCUT2D eigenvalue weighted by Gasteiger charge is 2.22. The zero-order valence-electron chi connectivity index (χ0n) is 12.7. The van der Waals surface area contributed by atoms with Crippen LogP contribution in [0.1, 0.15) is 18.4 Å². The summed E-state index contributed by atoms with van der Waals surface area (Å²) in [5.74, 6) is 0.222. The van der Waals surface area contributed by atoms with Crippen molar-refractivity contribution in [1.82, 2.24) is 10.2 Å². The second kappa shape index (κ2) is 6.79. The third-order valence-corrected chi connectivity index (χ3v) is 4.32. The lowest BCUT2D eigenvalue weighted by atomic mass is 9.99. The van der Waals surface area contributed by atoms with Gasteiger partial charge in [-0.25, -0.2) is 4.79 Å². The van der Waals surface area contributed by atoms with Gasteiger partial charge in [0.1, 0.15) is 0 Å². The minimum atomic E-state index is -0.0358. The van der Waals surface area contributed by atoms with Crippen molar-refractivity contribution in [2.45, 2.75) is 19.4 Å². The maximum Gasteiger partial charge on any atom is 0.317 e. The van der Waals surface area contributed by atoms with Crippen molar-refractivity contribution in [3.05, 3.63) is 48.0 Å². The van der Waals surface area contributed by atoms with Gasteiger partial charge in [-0.3, -0.25) is 0 Å². The van der Waals surface area contributed by atoms with Crippen LogP contribution in [0.15, 0.2) is 42.5 Å². The fourth-order valence-electron chi connectivity index (χ4n) is 3.04. The lowest BCUT2D eigenvalue weighted by Gasteiger charge is -2.31. The van der Waals surface area contributed by atoms with Crippen molar-refractivity contribution < 1.29 is 9.90 Å². The molecule has 116 valence electrons. The van der Waals surface area contributed by atoms with Gasteiger partial charge in [-0.1, -0.05) is 36.4 Å². The number of likely N-dealkylation sites (tertiary alicyclic amines) is 1. The Balaban J connectivity index is 1.59. The Morgan fingerprint density at radius 3 is 2.86 bits per heavy atom. The van der Waals surface area contributed by atoms with Crippen molar-refractivity contribution in [3.63, 3.8) is 0 Å². The molecule has 1 aliphatic rings. The number of aliphatic hydroxyl groups excluding tert-OH is 1. The van der Waals surface area contributed by atoms with E-state index in [1.54, 1.807) is 0 Å². The fraction of sp³-hybridized carbons (Fsp3) is 0.389. The minimum absolute atomic E-state index is 0.0358. The quantitative estimate of drug-likeness (QED) is 0.915. The number of hydrogen-bond acceptors (Lipinski definition) is 2. The Morgan fingerprint density at radius 1 is 1.23 bits per heavy atom. The molecule has 1 aliphatic heterocycles. The lowest BCUT2D eigenvalue weighted by molar-refractivity contribution is 0.129. The van der Waals surface area contributed by atoms with Crippen LogP contribution in [0, 0.1) is 5.92 Å². The van der Waals surface area contributed by atoms with E-state index in [9.17, 15) is 9.90 Å². The van der Waals surface area contributed by atoms with Crippen molar-refractivity contribution in [2.75, 3.05) is 19.7 Å². The van der Waals surface area contributed by atoms with Crippen molar-refractivity contribution in [2.24, 2.45) is 5.92 Å². The molecule has 2 N–H and O–H groups in total. The van der Waals surface area contributed by atoms with Gasteiger partial charge in [-0.15, -0.1) is 0 Å². The number of benzene rings is 2. The van der Waals surface area contributed by atoms with E-state index >= 15 is 0 Å². The molecule has 22 heavy (non-hydrogen) atoms. The summed E-state index contributed by atoms with van der Waals surface area (Å²) in [6.45, 7) is 2.12. The Hall–Kier alpha value is -2.07. The van der Waals surface area contributed by atoms with E-state index in [0.717, 1.165) is 24.9 Å². The van der Waals surface area contributed by atoms with E-state index < -0.39 is 0 Å². The van der Waals surface area contributed by atoms with Gasteiger partial charge >= 0.3 is 6.03 Å². The zero-order valence-corrected chi connectivity index (χ0v) is 12.7. The van der Waals surface area contributed by atoms with Gasteiger partial charge in [0.25, 0.3) is 0 Å². The van der Waals surface area contributed by atoms with E-state index in [0.29, 0.717) is 13.1 Å². The van der Waals surface area contributed by atoms with Gasteiger partial charge in [0.05, 0.1) is 0 Å². The molecule has 0 unspecified atom stereocenters. The summed E-state index contributed by atoms with van der Waals surface area (Å²) >= 11 is 0. The largest absolute Gasteiger partial charge is 0.396 e. The van der Waals surface area contributed by atoms with Crippen LogP contribution < -0.4 is 5.32 Å². The molecule has 2 amide bonds. The summed E-state index contributed by atoms with van der Waals surface area (Å²) in [4.78, 5) is 14.0. The molecule has 2 aromatic carbocycles. The van der Waals surface area contributed by atoms with E-state index in [1.807, 2.05) is 17.0 Å². The molecule has 0 aromatic heterocycles. The van der Waals surface area contributed by atoms with Crippen molar-refractivity contribution in [1.29, 1.82) is 0 Å². The highest BCUT2D eigenvalue weighted by atomic mass is 16.3. The Kier molecular flexibility index (Phi) is 4.59. The Morgan fingerprint density at radius 2 is 2.05 bits per heavy atom. The number of carbonyl (C=O) groups is 1. The maximum atomic E-state index is 12.2. The van der Waals surface area contributed by atoms with Gasteiger partial charge in [-0.2, -0.15) is 0 Å². The van der Waals surface area contributed by atoms with Crippen LogP contribution in [-0.2, 0) is 6.54 Å². The zero-order chi connectivity index (χ0) is 15.4. The average molecular weight is 298 g/mol. The van der Waals surface area contributed by atoms with Gasteiger partial charge in [0.2, 0.25) is 0 Å². The SMILES string of the molecule is O=C(NCc1ccc2ccccc2c1)N1CCC[C@H](CO)C1. The molecule has 0 bridgehead atoms. The molecular weight excluding hydrogens is 276 g/mol. The Labute approximate surface area is 130 Å². The van der Waals surface area contributed by atoms with Gasteiger partial charge in [0.15, 0.2) is 0 Å². The number of nitrogens with one attached hydrogen (secondary N) is 1. The normalized spacial score (nSPS) is 18.4. The summed E-state index contributed by atoms with van der Waals surface area (Å²) in [5, 5.41) is 14.6. The summed E-state index contributed by atoms with van der Waals surface area (Å²) in [6, 6.07) is 14.4. The first kappa shape index (κ1) is 14.9. The molecule has 0 radical (unpaired) electrons. The summed E-state index contributed by atoms with van der Waals surface area (Å²) in [7, 11) is 0. The number of aliphatic hydroxyl groups is 1. The maximum absolute atomic E-state index is 12.2. The van der Waals surface area contributed by atoms with Crippen LogP contribution in [0.25, 0.3) is 10.8 Å². The van der Waals surface area contributed by atoms with Crippen LogP contribution in [-0.4, -0.2) is 35.7 Å². The molecule has 2 aromatic rings. The molecular formula is C18H22N2O2. The first-order valence-corrected chi connectivity index (χ1v) is 7.87. The third-order valence-electron chi connectivity index (χ3n) is 4.32. The molecule has 0 spiro atoms. The van der Waals surface area contributed by atoms with Crippen molar-refractivity contribution >= 4 is 16.8 Å². The monoisotopic (exact) mass is 298 g/mol. The molecule has 0 saturated carbocycles. The summed E-state index contributed by atoms with van der Waals surface area (Å²) in [5.41, 5.74) is 1.10. The predicted molar refractivity (Wildman–Crippen MR) is 87.6 cm³/mol. The van der Waals surface area contributed by atoms with Gasteiger partial charge < -0.3 is 15.3 Å². The van der Waals surface area contributed by atoms with E-state index in [1.165, 1.54) is 10.8 Å². The average Bonchev–Trinajstić information content (AvgIpc) is 2.59. The van der Waals surface area contributed by atoms with Gasteiger partial charge in [-0.05, 0) is 41.2 Å². The van der Waals surface area contributed by atoms with Crippen LogP contribution in [0.2, 0.25) is 0 Å². The number of carbonyl (C=O) groups excluding carboxylic acids is 1. The molecule has 1 fully saturated rings. The molecule has 1 saturated heterocycles. The van der Waals surface area contributed by atoms with Crippen molar-refractivity contribution in [3.8, 4) is 0 Å². The van der Waals surface area contributed by atoms with E-state index in [4.69, 9.17) is 0 Å². The number of fused-ring (bicyclic) bond motifs is 1. The van der Waals surface area contributed by atoms with E-state index in [-0.39, 0.29) is 18.6 Å². The third kappa shape index (κ3) is 3.39. The van der Waals surface area contributed by atoms with Crippen LogP contribution in [0.4, 0.5) is 4.79 Å². The first-order valence-electron chi connectivity index (χ1n) is 7.87. The molecule has 0 aliphatic carbocycles. The highest BCUT2D eigenvalue weighted by Crippen LogP contribution is 2.17. The second-order valence-corrected chi connectivity index (χ2v) is 5.98. The number of piperidine rings is 1. The molecule has 1 heterocycles. The standard InChI is InChI=1S/C18H22N2O2/c21-13-15-4-3-9-20(12-15)18(22)19-11-14-7-8-16-5-1-2-6-17(16)10-14/h1-2,5-8,10,15,21H,3-4,9,11-13H2,(H,19,22)/t15-/m0/s1. The fourth-order valence-corrected chi connectivity index (χ4v) is 3.04. The molecule has 3 rings (SSSR count). The van der Waals surface area contributed by atoms with Crippen LogP contribution in [0.3, 0.4) is 0 Å². The smallest absolute Gasteiger partial charge is 0.317 e. The minimum Gasteiger partial charge on any atom is -0.396 e. The number of rotatable bonds is 3. The van der Waals surface area contributed by atoms with Crippen LogP contribution in [0.5, 0.6) is 0 Å². The summed E-state index contributed by atoms with van der Waals surface area (Å²) < 4.78 is 0. The highest BCUT2D eigenvalue weighted by molar-refractivity contribution is 5.83. The molecule has 1 atom stereocenters. The lowest BCUT2D eigenvalue weighted by Crippen LogP contribution is -2.45. The topological polar surface area (TPSA) is 52.6 Å². The van der Waals surface area contributed by atoms with Gasteiger partial charge in [0, 0.05) is 26.2 Å². The van der Waals surface area contributed by atoms with E-state index in [2.05, 4.69) is 35.6 Å².